The van der Waals surface area contributed by atoms with Gasteiger partial charge in [-0.2, -0.15) is 9.61 Å². The number of piperidine rings is 1. The first-order valence-corrected chi connectivity index (χ1v) is 16.3. The average molecular weight is 654 g/mol. The lowest BCUT2D eigenvalue weighted by Crippen LogP contribution is -2.45. The van der Waals surface area contributed by atoms with Gasteiger partial charge in [-0.1, -0.05) is 24.3 Å². The van der Waals surface area contributed by atoms with E-state index >= 15 is 0 Å². The summed E-state index contributed by atoms with van der Waals surface area (Å²) in [7, 11) is 0. The monoisotopic (exact) mass is 653 g/mol. The second kappa shape index (κ2) is 12.7. The summed E-state index contributed by atoms with van der Waals surface area (Å²) in [6.07, 6.45) is 3.84. The van der Waals surface area contributed by atoms with Crippen LogP contribution in [0.4, 0.5) is 5.82 Å². The molecule has 3 N–H and O–H groups in total. The molecule has 1 fully saturated rings. The third kappa shape index (κ3) is 6.79. The van der Waals surface area contributed by atoms with Gasteiger partial charge in [-0.15, -0.1) is 0 Å². The highest BCUT2D eigenvalue weighted by Gasteiger charge is 2.38. The zero-order valence-electron chi connectivity index (χ0n) is 28.3. The summed E-state index contributed by atoms with van der Waals surface area (Å²) in [6.45, 7) is 13.1. The number of primary amides is 1. The van der Waals surface area contributed by atoms with E-state index in [0.717, 1.165) is 24.0 Å². The number of rotatable bonds is 4. The van der Waals surface area contributed by atoms with Crippen molar-refractivity contribution >= 4 is 23.3 Å². The van der Waals surface area contributed by atoms with Crippen LogP contribution < -0.4 is 15.4 Å². The number of carbonyl (C=O) groups excluding carboxylic acids is 1. The van der Waals surface area contributed by atoms with Crippen molar-refractivity contribution < 1.29 is 28.9 Å². The van der Waals surface area contributed by atoms with E-state index in [1.165, 1.54) is 0 Å². The molecular weight excluding hydrogens is 610 g/mol. The number of amides is 1. The molecule has 1 amide bonds. The number of aliphatic carboxylic acids is 1. The zero-order valence-corrected chi connectivity index (χ0v) is 28.3. The Hall–Kier alpha value is -4.74. The summed E-state index contributed by atoms with van der Waals surface area (Å²) in [5.41, 5.74) is 9.53. The van der Waals surface area contributed by atoms with E-state index in [2.05, 4.69) is 11.8 Å². The first-order chi connectivity index (χ1) is 22.7. The number of benzene rings is 2. The summed E-state index contributed by atoms with van der Waals surface area (Å²) in [5.74, 6) is -0.379. The standard InChI is InChI=1S/C37H43N5O6/c1-22-9-8-18-46-37(6)14-16-41(17-15-37)34-31(32(35(44)45)48-36(3,4)5)23(2)39-30-21-28(40-42(30)34)25-11-7-10-24(19-25)27-20-26(33(38)43)12-13-29(27)47-22/h7-13,19-22,32H,14-18H2,1-6H3,(H2,38,43)(H,44,45)/b9-8-/t22-,32-/m0/s1. The van der Waals surface area contributed by atoms with E-state index in [0.29, 0.717) is 65.0 Å². The first-order valence-electron chi connectivity index (χ1n) is 16.3. The van der Waals surface area contributed by atoms with E-state index < -0.39 is 23.6 Å². The van der Waals surface area contributed by atoms with Crippen molar-refractivity contribution in [1.82, 2.24) is 14.6 Å². The van der Waals surface area contributed by atoms with Gasteiger partial charge in [0.05, 0.1) is 29.1 Å². The topological polar surface area (TPSA) is 142 Å². The summed E-state index contributed by atoms with van der Waals surface area (Å²) in [6, 6.07) is 14.9. The van der Waals surface area contributed by atoms with Crippen molar-refractivity contribution in [3.05, 3.63) is 77.5 Å². The number of fused-ring (bicyclic) bond motifs is 6. The Balaban J connectivity index is 1.57. The molecule has 3 aliphatic rings. The Morgan fingerprint density at radius 2 is 1.83 bits per heavy atom. The van der Waals surface area contributed by atoms with Crippen LogP contribution in [-0.2, 0) is 14.3 Å². The van der Waals surface area contributed by atoms with E-state index in [1.54, 1.807) is 22.7 Å². The number of nitrogens with zero attached hydrogens (tertiary/aromatic N) is 4. The summed E-state index contributed by atoms with van der Waals surface area (Å²) in [4.78, 5) is 32.0. The predicted octanol–water partition coefficient (Wildman–Crippen LogP) is 6.12. The molecule has 7 rings (SSSR count). The minimum Gasteiger partial charge on any atom is -0.486 e. The van der Waals surface area contributed by atoms with Crippen LogP contribution >= 0.6 is 0 Å². The molecule has 3 aliphatic heterocycles. The number of aryl methyl sites for hydroxylation is 1. The quantitative estimate of drug-likeness (QED) is 0.249. The molecule has 11 nitrogen and oxygen atoms in total. The number of carboxylic acids is 1. The second-order valence-electron chi connectivity index (χ2n) is 13.8. The maximum Gasteiger partial charge on any atom is 0.337 e. The molecular formula is C37H43N5O6. The van der Waals surface area contributed by atoms with Crippen molar-refractivity contribution in [3.8, 4) is 28.1 Å². The molecule has 252 valence electrons. The highest BCUT2D eigenvalue weighted by atomic mass is 16.5. The van der Waals surface area contributed by atoms with Crippen LogP contribution in [0.1, 0.15) is 75.2 Å². The van der Waals surface area contributed by atoms with E-state index in [4.69, 9.17) is 30.0 Å². The normalized spacial score (nSPS) is 21.1. The smallest absolute Gasteiger partial charge is 0.337 e. The Kier molecular flexibility index (Phi) is 8.78. The molecule has 0 aliphatic carbocycles. The minimum atomic E-state index is -1.26. The Morgan fingerprint density at radius 1 is 1.10 bits per heavy atom. The fourth-order valence-electron chi connectivity index (χ4n) is 6.38. The fourth-order valence-corrected chi connectivity index (χ4v) is 6.38. The van der Waals surface area contributed by atoms with Gasteiger partial charge in [0, 0.05) is 41.5 Å². The summed E-state index contributed by atoms with van der Waals surface area (Å²) < 4.78 is 20.7. The molecule has 1 saturated heterocycles. The van der Waals surface area contributed by atoms with Gasteiger partial charge in [0.15, 0.2) is 11.8 Å². The van der Waals surface area contributed by atoms with Gasteiger partial charge in [-0.25, -0.2) is 9.78 Å². The summed E-state index contributed by atoms with van der Waals surface area (Å²) in [5, 5.41) is 15.5. The molecule has 0 radical (unpaired) electrons. The van der Waals surface area contributed by atoms with Gasteiger partial charge in [-0.3, -0.25) is 4.79 Å². The van der Waals surface area contributed by atoms with Gasteiger partial charge in [0.25, 0.3) is 0 Å². The predicted molar refractivity (Wildman–Crippen MR) is 183 cm³/mol. The Bertz CT molecular complexity index is 1900. The highest BCUT2D eigenvalue weighted by Crippen LogP contribution is 2.39. The van der Waals surface area contributed by atoms with Crippen molar-refractivity contribution in [2.45, 2.75) is 77.8 Å². The van der Waals surface area contributed by atoms with Crippen molar-refractivity contribution in [2.75, 3.05) is 24.6 Å². The highest BCUT2D eigenvalue weighted by molar-refractivity contribution is 5.95. The van der Waals surface area contributed by atoms with Gasteiger partial charge in [-0.05, 0) is 90.3 Å². The molecule has 6 bridgehead atoms. The lowest BCUT2D eigenvalue weighted by atomic mass is 9.92. The number of aromatic nitrogens is 3. The lowest BCUT2D eigenvalue weighted by molar-refractivity contribution is -0.160. The van der Waals surface area contributed by atoms with Crippen LogP contribution in [0.3, 0.4) is 0 Å². The fraction of sp³-hybridized carbons (Fsp3) is 0.405. The molecule has 5 heterocycles. The number of hydrogen-bond donors (Lipinski definition) is 2. The number of hydrogen-bond acceptors (Lipinski definition) is 8. The lowest BCUT2D eigenvalue weighted by Gasteiger charge is -2.41. The van der Waals surface area contributed by atoms with Gasteiger partial charge < -0.3 is 30.0 Å². The number of carbonyl (C=O) groups is 2. The average Bonchev–Trinajstić information content (AvgIpc) is 3.45. The SMILES string of the molecule is Cc1nc2cc3nn2c(c1[C@H](OC(C)(C)C)C(=O)O)N1CCC(C)(CC1)OC/C=C\[C@H](C)Oc1ccc(C(N)=O)cc1-c1cccc-3c1. The van der Waals surface area contributed by atoms with E-state index in [9.17, 15) is 14.7 Å². The molecule has 11 heteroatoms. The van der Waals surface area contributed by atoms with Crippen LogP contribution in [-0.4, -0.2) is 68.6 Å². The molecule has 48 heavy (non-hydrogen) atoms. The van der Waals surface area contributed by atoms with Crippen molar-refractivity contribution in [3.63, 3.8) is 0 Å². The summed E-state index contributed by atoms with van der Waals surface area (Å²) >= 11 is 0. The third-order valence-electron chi connectivity index (χ3n) is 8.86. The number of ether oxygens (including phenoxy) is 3. The maximum absolute atomic E-state index is 12.8. The van der Waals surface area contributed by atoms with E-state index in [-0.39, 0.29) is 11.7 Å². The Labute approximate surface area is 280 Å². The van der Waals surface area contributed by atoms with Crippen LogP contribution in [0.2, 0.25) is 0 Å². The largest absolute Gasteiger partial charge is 0.486 e. The number of anilines is 1. The first kappa shape index (κ1) is 33.2. The van der Waals surface area contributed by atoms with Gasteiger partial charge >= 0.3 is 5.97 Å². The second-order valence-corrected chi connectivity index (χ2v) is 13.8. The molecule has 4 aromatic rings. The maximum atomic E-state index is 12.8. The van der Waals surface area contributed by atoms with Crippen LogP contribution in [0, 0.1) is 6.92 Å². The molecule has 0 unspecified atom stereocenters. The van der Waals surface area contributed by atoms with Crippen LogP contribution in [0.25, 0.3) is 28.0 Å². The van der Waals surface area contributed by atoms with Crippen molar-refractivity contribution in [1.29, 1.82) is 0 Å². The number of nitrogens with two attached hydrogens (primary N) is 1. The van der Waals surface area contributed by atoms with E-state index in [1.807, 2.05) is 77.1 Å². The zero-order chi connectivity index (χ0) is 34.4. The Morgan fingerprint density at radius 3 is 2.52 bits per heavy atom. The van der Waals surface area contributed by atoms with Crippen molar-refractivity contribution in [2.24, 2.45) is 5.73 Å². The number of carboxylic acid groups (broad SMARTS) is 1. The van der Waals surface area contributed by atoms with Gasteiger partial charge in [0.2, 0.25) is 5.91 Å². The molecule has 2 atom stereocenters. The van der Waals surface area contributed by atoms with Gasteiger partial charge in [0.1, 0.15) is 17.7 Å². The minimum absolute atomic E-state index is 0.271. The molecule has 2 aromatic carbocycles. The molecule has 0 saturated carbocycles. The molecule has 0 spiro atoms. The molecule has 2 aromatic heterocycles. The van der Waals surface area contributed by atoms with Crippen LogP contribution in [0.5, 0.6) is 5.75 Å². The van der Waals surface area contributed by atoms with Crippen LogP contribution in [0.15, 0.2) is 60.7 Å². The third-order valence-corrected chi connectivity index (χ3v) is 8.86.